The van der Waals surface area contributed by atoms with Crippen LogP contribution < -0.4 is 10.1 Å². The van der Waals surface area contributed by atoms with Crippen molar-refractivity contribution < 1.29 is 18.7 Å². The molecule has 1 atom stereocenters. The van der Waals surface area contributed by atoms with E-state index in [4.69, 9.17) is 4.74 Å². The van der Waals surface area contributed by atoms with E-state index >= 15 is 0 Å². The number of amides is 2. The number of rotatable bonds is 7. The van der Waals surface area contributed by atoms with E-state index < -0.39 is 5.41 Å². The highest BCUT2D eigenvalue weighted by Gasteiger charge is 2.39. The molecule has 2 aromatic carbocycles. The van der Waals surface area contributed by atoms with Gasteiger partial charge in [-0.2, -0.15) is 0 Å². The Morgan fingerprint density at radius 1 is 1.10 bits per heavy atom. The van der Waals surface area contributed by atoms with Crippen LogP contribution in [0.25, 0.3) is 0 Å². The van der Waals surface area contributed by atoms with Crippen LogP contribution in [-0.4, -0.2) is 36.9 Å². The number of nitrogens with zero attached hydrogens (tertiary/aromatic N) is 1. The van der Waals surface area contributed by atoms with E-state index in [0.29, 0.717) is 32.5 Å². The van der Waals surface area contributed by atoms with E-state index in [-0.39, 0.29) is 17.6 Å². The second kappa shape index (κ2) is 9.74. The van der Waals surface area contributed by atoms with Crippen LogP contribution in [0.15, 0.2) is 48.5 Å². The number of likely N-dealkylation sites (tertiary alicyclic amines) is 1. The highest BCUT2D eigenvalue weighted by atomic mass is 19.1. The normalized spacial score (nSPS) is 18.7. The van der Waals surface area contributed by atoms with Crippen LogP contribution in [0.3, 0.4) is 0 Å². The first-order valence-corrected chi connectivity index (χ1v) is 10.3. The zero-order valence-corrected chi connectivity index (χ0v) is 17.6. The summed E-state index contributed by atoms with van der Waals surface area (Å²) < 4.78 is 18.2. The summed E-state index contributed by atoms with van der Waals surface area (Å²) in [4.78, 5) is 27.4. The first-order valence-electron chi connectivity index (χ1n) is 10.3. The topological polar surface area (TPSA) is 58.6 Å². The fourth-order valence-electron chi connectivity index (χ4n) is 3.84. The molecule has 5 nitrogen and oxygen atoms in total. The monoisotopic (exact) mass is 412 g/mol. The minimum Gasteiger partial charge on any atom is -0.497 e. The molecule has 2 amide bonds. The summed E-state index contributed by atoms with van der Waals surface area (Å²) in [6.07, 6.45) is 2.62. The molecule has 1 heterocycles. The molecule has 6 heteroatoms. The molecule has 30 heavy (non-hydrogen) atoms. The summed E-state index contributed by atoms with van der Waals surface area (Å²) in [6.45, 7) is 3.36. The zero-order chi connectivity index (χ0) is 21.6. The minimum absolute atomic E-state index is 0.0699. The molecule has 0 bridgehead atoms. The number of benzene rings is 2. The van der Waals surface area contributed by atoms with Crippen molar-refractivity contribution in [2.45, 2.75) is 39.2 Å². The van der Waals surface area contributed by atoms with Crippen molar-refractivity contribution in [3.05, 3.63) is 65.5 Å². The van der Waals surface area contributed by atoms with Crippen molar-refractivity contribution in [3.63, 3.8) is 0 Å². The molecule has 0 spiro atoms. The zero-order valence-electron chi connectivity index (χ0n) is 17.6. The Kier molecular flexibility index (Phi) is 7.08. The van der Waals surface area contributed by atoms with E-state index in [1.54, 1.807) is 19.2 Å². The van der Waals surface area contributed by atoms with E-state index in [1.807, 2.05) is 36.1 Å². The van der Waals surface area contributed by atoms with Gasteiger partial charge in [-0.05, 0) is 61.6 Å². The lowest BCUT2D eigenvalue weighted by molar-refractivity contribution is -0.140. The van der Waals surface area contributed by atoms with E-state index in [9.17, 15) is 14.0 Å². The predicted octanol–water partition coefficient (Wildman–Crippen LogP) is 3.71. The van der Waals surface area contributed by atoms with Crippen LogP contribution in [0.2, 0.25) is 0 Å². The van der Waals surface area contributed by atoms with Crippen LogP contribution in [0.1, 0.15) is 37.3 Å². The van der Waals surface area contributed by atoms with Gasteiger partial charge in [0.05, 0.1) is 12.5 Å². The number of ether oxygens (including phenoxy) is 1. The highest BCUT2D eigenvalue weighted by Crippen LogP contribution is 2.30. The number of halogens is 1. The fourth-order valence-corrected chi connectivity index (χ4v) is 3.84. The van der Waals surface area contributed by atoms with Gasteiger partial charge in [0, 0.05) is 26.1 Å². The molecule has 0 aromatic heterocycles. The van der Waals surface area contributed by atoms with Gasteiger partial charge in [-0.15, -0.1) is 0 Å². The maximum Gasteiger partial charge on any atom is 0.227 e. The lowest BCUT2D eigenvalue weighted by Crippen LogP contribution is -2.51. The van der Waals surface area contributed by atoms with E-state index in [1.165, 1.54) is 12.1 Å². The van der Waals surface area contributed by atoms with Crippen molar-refractivity contribution in [2.75, 3.05) is 20.2 Å². The molecular formula is C24H29FN2O3. The molecule has 160 valence electrons. The third kappa shape index (κ3) is 5.59. The average Bonchev–Trinajstić information content (AvgIpc) is 2.77. The second-order valence-corrected chi connectivity index (χ2v) is 8.14. The Morgan fingerprint density at radius 3 is 2.43 bits per heavy atom. The van der Waals surface area contributed by atoms with Crippen LogP contribution in [0.4, 0.5) is 4.39 Å². The molecule has 3 rings (SSSR count). The van der Waals surface area contributed by atoms with Gasteiger partial charge in [-0.25, -0.2) is 4.39 Å². The summed E-state index contributed by atoms with van der Waals surface area (Å²) in [5, 5.41) is 2.95. The molecule has 1 N–H and O–H groups in total. The van der Waals surface area contributed by atoms with Gasteiger partial charge in [0.25, 0.3) is 0 Å². The number of piperidine rings is 1. The summed E-state index contributed by atoms with van der Waals surface area (Å²) in [6, 6.07) is 13.8. The molecule has 0 radical (unpaired) electrons. The van der Waals surface area contributed by atoms with Gasteiger partial charge in [-0.1, -0.05) is 24.3 Å². The van der Waals surface area contributed by atoms with Crippen molar-refractivity contribution in [3.8, 4) is 5.75 Å². The summed E-state index contributed by atoms with van der Waals surface area (Å²) in [5.41, 5.74) is 1.31. The summed E-state index contributed by atoms with van der Waals surface area (Å²) in [7, 11) is 1.63. The number of methoxy groups -OCH3 is 1. The molecular weight excluding hydrogens is 383 g/mol. The Balaban J connectivity index is 1.52. The molecule has 2 aromatic rings. The SMILES string of the molecule is COc1ccc(CCC(=O)N2CCCC(C)(C(=O)NCc3ccc(F)cc3)C2)cc1. The van der Waals surface area contributed by atoms with Gasteiger partial charge < -0.3 is 15.0 Å². The third-order valence-corrected chi connectivity index (χ3v) is 5.75. The van der Waals surface area contributed by atoms with Gasteiger partial charge >= 0.3 is 0 Å². The molecule has 1 aliphatic rings. The van der Waals surface area contributed by atoms with E-state index in [0.717, 1.165) is 29.7 Å². The maximum absolute atomic E-state index is 13.0. The number of aryl methyl sites for hydroxylation is 1. The molecule has 1 saturated heterocycles. The lowest BCUT2D eigenvalue weighted by Gasteiger charge is -2.39. The highest BCUT2D eigenvalue weighted by molar-refractivity contribution is 5.84. The molecule has 1 fully saturated rings. The van der Waals surface area contributed by atoms with Crippen molar-refractivity contribution in [2.24, 2.45) is 5.41 Å². The fraction of sp³-hybridized carbons (Fsp3) is 0.417. The smallest absolute Gasteiger partial charge is 0.227 e. The van der Waals surface area contributed by atoms with Crippen LogP contribution in [0.5, 0.6) is 5.75 Å². The average molecular weight is 413 g/mol. The molecule has 0 saturated carbocycles. The van der Waals surface area contributed by atoms with Crippen LogP contribution in [0, 0.1) is 11.2 Å². The first kappa shape index (κ1) is 21.8. The Morgan fingerprint density at radius 2 is 1.77 bits per heavy atom. The Labute approximate surface area is 177 Å². The first-order chi connectivity index (χ1) is 14.4. The summed E-state index contributed by atoms with van der Waals surface area (Å²) >= 11 is 0. The molecule has 1 aliphatic heterocycles. The molecule has 0 aliphatic carbocycles. The molecule has 1 unspecified atom stereocenters. The van der Waals surface area contributed by atoms with Gasteiger partial charge in [-0.3, -0.25) is 9.59 Å². The van der Waals surface area contributed by atoms with E-state index in [2.05, 4.69) is 5.32 Å². The Bertz CT molecular complexity index is 867. The second-order valence-electron chi connectivity index (χ2n) is 8.14. The van der Waals surface area contributed by atoms with Crippen molar-refractivity contribution in [1.29, 1.82) is 0 Å². The number of nitrogens with one attached hydrogen (secondary N) is 1. The van der Waals surface area contributed by atoms with Crippen LogP contribution >= 0.6 is 0 Å². The Hall–Kier alpha value is -2.89. The predicted molar refractivity (Wildman–Crippen MR) is 113 cm³/mol. The van der Waals surface area contributed by atoms with Crippen molar-refractivity contribution >= 4 is 11.8 Å². The van der Waals surface area contributed by atoms with Crippen molar-refractivity contribution in [1.82, 2.24) is 10.2 Å². The number of carbonyl (C=O) groups excluding carboxylic acids is 2. The quantitative estimate of drug-likeness (QED) is 0.754. The largest absolute Gasteiger partial charge is 0.497 e. The minimum atomic E-state index is -0.617. The third-order valence-electron chi connectivity index (χ3n) is 5.75. The summed E-state index contributed by atoms with van der Waals surface area (Å²) in [5.74, 6) is 0.499. The van der Waals surface area contributed by atoms with Gasteiger partial charge in [0.1, 0.15) is 11.6 Å². The number of carbonyl (C=O) groups is 2. The standard InChI is InChI=1S/C24H29FN2O3/c1-24(23(29)26-16-19-4-9-20(25)10-5-19)14-3-15-27(17-24)22(28)13-8-18-6-11-21(30-2)12-7-18/h4-7,9-12H,3,8,13-17H2,1-2H3,(H,26,29). The van der Waals surface area contributed by atoms with Crippen LogP contribution in [-0.2, 0) is 22.6 Å². The number of hydrogen-bond donors (Lipinski definition) is 1. The lowest BCUT2D eigenvalue weighted by atomic mass is 9.80. The maximum atomic E-state index is 13.0. The van der Waals surface area contributed by atoms with Gasteiger partial charge in [0.2, 0.25) is 11.8 Å². The van der Waals surface area contributed by atoms with Gasteiger partial charge in [0.15, 0.2) is 0 Å². The number of hydrogen-bond acceptors (Lipinski definition) is 3.